The number of anilines is 2. The minimum absolute atomic E-state index is 0.120. The number of carbonyl (C=O) groups is 2. The van der Waals surface area contributed by atoms with Crippen LogP contribution in [0.5, 0.6) is 0 Å². The molecule has 0 amide bonds. The van der Waals surface area contributed by atoms with Gasteiger partial charge in [0, 0.05) is 24.3 Å². The first-order valence-corrected chi connectivity index (χ1v) is 11.1. The molecule has 0 aliphatic heterocycles. The first kappa shape index (κ1) is 26.6. The van der Waals surface area contributed by atoms with Crippen molar-refractivity contribution in [1.82, 2.24) is 0 Å². The Morgan fingerprint density at radius 1 is 0.757 bits per heavy atom. The SMILES string of the molecule is CC(OC(=O)C(Nc1ccccc1N)C(=O)OC(C)c1ccc([N+](=O)[O-])cc1)c1ccc([N+](=O)[O-])cc1. The Hall–Kier alpha value is -5.00. The summed E-state index contributed by atoms with van der Waals surface area (Å²) in [6.07, 6.45) is -1.68. The van der Waals surface area contributed by atoms with Gasteiger partial charge in [0.25, 0.3) is 11.4 Å². The standard InChI is InChI=1S/C25H24N4O8/c1-15(17-7-11-19(12-8-17)28(32)33)36-24(30)23(27-22-6-4-3-5-21(22)26)25(31)37-16(2)18-9-13-20(14-10-18)29(34)35/h3-16,23,27H,26H2,1-2H3. The number of non-ortho nitro benzene ring substituents is 2. The van der Waals surface area contributed by atoms with E-state index in [-0.39, 0.29) is 17.1 Å². The normalized spacial score (nSPS) is 13.0. The van der Waals surface area contributed by atoms with Crippen molar-refractivity contribution >= 4 is 34.7 Å². The zero-order chi connectivity index (χ0) is 27.1. The minimum atomic E-state index is -1.61. The quantitative estimate of drug-likeness (QED) is 0.130. The molecule has 3 aromatic carbocycles. The van der Waals surface area contributed by atoms with Gasteiger partial charge < -0.3 is 20.5 Å². The Bertz CT molecular complexity index is 1220. The number of para-hydroxylation sites is 2. The van der Waals surface area contributed by atoms with Gasteiger partial charge in [-0.2, -0.15) is 0 Å². The Kier molecular flexibility index (Phi) is 8.35. The zero-order valence-electron chi connectivity index (χ0n) is 19.9. The van der Waals surface area contributed by atoms with Crippen LogP contribution >= 0.6 is 0 Å². The second-order valence-electron chi connectivity index (χ2n) is 8.02. The van der Waals surface area contributed by atoms with E-state index in [1.165, 1.54) is 48.5 Å². The van der Waals surface area contributed by atoms with Crippen LogP contribution in [-0.4, -0.2) is 27.8 Å². The van der Waals surface area contributed by atoms with Crippen molar-refractivity contribution in [2.24, 2.45) is 0 Å². The van der Waals surface area contributed by atoms with E-state index in [1.807, 2.05) is 0 Å². The Morgan fingerprint density at radius 3 is 1.54 bits per heavy atom. The maximum atomic E-state index is 13.1. The molecule has 3 rings (SSSR count). The van der Waals surface area contributed by atoms with Crippen LogP contribution < -0.4 is 11.1 Å². The molecule has 192 valence electrons. The van der Waals surface area contributed by atoms with Crippen molar-refractivity contribution in [3.8, 4) is 0 Å². The van der Waals surface area contributed by atoms with Crippen LogP contribution in [0.15, 0.2) is 72.8 Å². The lowest BCUT2D eigenvalue weighted by molar-refractivity contribution is -0.385. The molecule has 0 heterocycles. The predicted octanol–water partition coefficient (Wildman–Crippen LogP) is 4.47. The Morgan fingerprint density at radius 2 is 1.16 bits per heavy atom. The summed E-state index contributed by atoms with van der Waals surface area (Å²) >= 11 is 0. The van der Waals surface area contributed by atoms with Gasteiger partial charge in [-0.25, -0.2) is 9.59 Å². The highest BCUT2D eigenvalue weighted by Crippen LogP contribution is 2.25. The molecule has 12 heteroatoms. The van der Waals surface area contributed by atoms with Crippen LogP contribution in [0.25, 0.3) is 0 Å². The third-order valence-corrected chi connectivity index (χ3v) is 5.46. The summed E-state index contributed by atoms with van der Waals surface area (Å²) in [5.74, 6) is -1.93. The number of nitro groups is 2. The molecular weight excluding hydrogens is 484 g/mol. The first-order chi connectivity index (χ1) is 17.6. The molecule has 0 saturated carbocycles. The maximum absolute atomic E-state index is 13.1. The Labute approximate surface area is 211 Å². The van der Waals surface area contributed by atoms with E-state index in [0.717, 1.165) is 0 Å². The van der Waals surface area contributed by atoms with Crippen LogP contribution in [0.4, 0.5) is 22.7 Å². The van der Waals surface area contributed by atoms with Gasteiger partial charge in [0.15, 0.2) is 0 Å². The fourth-order valence-corrected chi connectivity index (χ4v) is 3.35. The molecule has 0 radical (unpaired) electrons. The van der Waals surface area contributed by atoms with Crippen molar-refractivity contribution in [3.05, 3.63) is 104 Å². The number of nitrogen functional groups attached to an aromatic ring is 1. The number of nitro benzene ring substituents is 2. The first-order valence-electron chi connectivity index (χ1n) is 11.1. The highest BCUT2D eigenvalue weighted by molar-refractivity contribution is 6.02. The fraction of sp³-hybridized carbons (Fsp3) is 0.200. The average Bonchev–Trinajstić information content (AvgIpc) is 2.88. The van der Waals surface area contributed by atoms with Crippen LogP contribution in [-0.2, 0) is 19.1 Å². The molecule has 3 N–H and O–H groups in total. The van der Waals surface area contributed by atoms with Gasteiger partial charge in [0.2, 0.25) is 6.04 Å². The molecule has 3 aromatic rings. The Balaban J connectivity index is 1.79. The van der Waals surface area contributed by atoms with Gasteiger partial charge in [-0.05, 0) is 61.4 Å². The lowest BCUT2D eigenvalue weighted by atomic mass is 10.1. The summed E-state index contributed by atoms with van der Waals surface area (Å²) in [4.78, 5) is 46.8. The molecule has 0 aliphatic carbocycles. The van der Waals surface area contributed by atoms with Gasteiger partial charge in [-0.15, -0.1) is 0 Å². The molecule has 0 fully saturated rings. The molecule has 12 nitrogen and oxygen atoms in total. The summed E-state index contributed by atoms with van der Waals surface area (Å²) in [5.41, 5.74) is 7.24. The summed E-state index contributed by atoms with van der Waals surface area (Å²) in [5, 5.41) is 24.5. The number of rotatable bonds is 10. The van der Waals surface area contributed by atoms with Crippen molar-refractivity contribution < 1.29 is 28.9 Å². The number of ether oxygens (including phenoxy) is 2. The van der Waals surface area contributed by atoms with E-state index in [9.17, 15) is 29.8 Å². The largest absolute Gasteiger partial charge is 0.456 e. The summed E-state index contributed by atoms with van der Waals surface area (Å²) < 4.78 is 10.9. The molecule has 37 heavy (non-hydrogen) atoms. The number of nitrogens with one attached hydrogen (secondary N) is 1. The second kappa shape index (κ2) is 11.6. The molecular formula is C25H24N4O8. The van der Waals surface area contributed by atoms with Gasteiger partial charge in [-0.1, -0.05) is 12.1 Å². The van der Waals surface area contributed by atoms with E-state index in [0.29, 0.717) is 16.8 Å². The third kappa shape index (κ3) is 6.78. The molecule has 0 spiro atoms. The number of hydrogen-bond acceptors (Lipinski definition) is 10. The lowest BCUT2D eigenvalue weighted by Gasteiger charge is -2.23. The van der Waals surface area contributed by atoms with Gasteiger partial charge in [-0.3, -0.25) is 20.2 Å². The zero-order valence-corrected chi connectivity index (χ0v) is 19.9. The number of nitrogens with two attached hydrogens (primary N) is 1. The van der Waals surface area contributed by atoms with Crippen LogP contribution in [0.3, 0.4) is 0 Å². The van der Waals surface area contributed by atoms with E-state index < -0.39 is 40.0 Å². The number of hydrogen-bond donors (Lipinski definition) is 2. The van der Waals surface area contributed by atoms with Gasteiger partial charge in [0.05, 0.1) is 21.2 Å². The van der Waals surface area contributed by atoms with Crippen molar-refractivity contribution in [2.75, 3.05) is 11.1 Å². The van der Waals surface area contributed by atoms with Crippen molar-refractivity contribution in [2.45, 2.75) is 32.1 Å². The van der Waals surface area contributed by atoms with E-state index in [2.05, 4.69) is 5.32 Å². The van der Waals surface area contributed by atoms with E-state index >= 15 is 0 Å². The minimum Gasteiger partial charge on any atom is -0.456 e. The van der Waals surface area contributed by atoms with E-state index in [4.69, 9.17) is 15.2 Å². The summed E-state index contributed by atoms with van der Waals surface area (Å²) in [6.45, 7) is 3.11. The average molecular weight is 508 g/mol. The smallest absolute Gasteiger partial charge is 0.340 e. The number of nitrogens with zero attached hydrogens (tertiary/aromatic N) is 2. The number of benzene rings is 3. The predicted molar refractivity (Wildman–Crippen MR) is 133 cm³/mol. The van der Waals surface area contributed by atoms with Crippen LogP contribution in [0.1, 0.15) is 37.2 Å². The molecule has 2 unspecified atom stereocenters. The van der Waals surface area contributed by atoms with Gasteiger partial charge in [0.1, 0.15) is 12.2 Å². The molecule has 0 bridgehead atoms. The summed E-state index contributed by atoms with van der Waals surface area (Å²) in [6, 6.07) is 15.8. The van der Waals surface area contributed by atoms with E-state index in [1.54, 1.807) is 38.1 Å². The van der Waals surface area contributed by atoms with Gasteiger partial charge >= 0.3 is 11.9 Å². The molecule has 2 atom stereocenters. The number of carbonyl (C=O) groups excluding carboxylic acids is 2. The fourth-order valence-electron chi connectivity index (χ4n) is 3.35. The summed E-state index contributed by atoms with van der Waals surface area (Å²) in [7, 11) is 0. The number of esters is 2. The van der Waals surface area contributed by atoms with Crippen LogP contribution in [0.2, 0.25) is 0 Å². The highest BCUT2D eigenvalue weighted by atomic mass is 16.6. The van der Waals surface area contributed by atoms with Crippen molar-refractivity contribution in [1.29, 1.82) is 0 Å². The maximum Gasteiger partial charge on any atom is 0.340 e. The second-order valence-corrected chi connectivity index (χ2v) is 8.02. The van der Waals surface area contributed by atoms with Crippen molar-refractivity contribution in [3.63, 3.8) is 0 Å². The monoisotopic (exact) mass is 508 g/mol. The molecule has 0 aromatic heterocycles. The molecule has 0 aliphatic rings. The third-order valence-electron chi connectivity index (χ3n) is 5.46. The highest BCUT2D eigenvalue weighted by Gasteiger charge is 2.33. The lowest BCUT2D eigenvalue weighted by Crippen LogP contribution is -2.41. The molecule has 0 saturated heterocycles. The van der Waals surface area contributed by atoms with Crippen LogP contribution in [0, 0.1) is 20.2 Å². The topological polar surface area (TPSA) is 177 Å².